The summed E-state index contributed by atoms with van der Waals surface area (Å²) in [6.07, 6.45) is 4.16. The van der Waals surface area contributed by atoms with E-state index in [4.69, 9.17) is 0 Å². The van der Waals surface area contributed by atoms with Crippen molar-refractivity contribution in [3.63, 3.8) is 0 Å². The number of carbonyl (C=O) groups excluding carboxylic acids is 1. The highest BCUT2D eigenvalue weighted by molar-refractivity contribution is 6.05. The minimum absolute atomic E-state index is 0.158. The lowest BCUT2D eigenvalue weighted by atomic mass is 10.1. The summed E-state index contributed by atoms with van der Waals surface area (Å²) in [5, 5.41) is 6.33. The van der Waals surface area contributed by atoms with Gasteiger partial charge in [-0.3, -0.25) is 9.78 Å². The van der Waals surface area contributed by atoms with E-state index in [0.29, 0.717) is 5.56 Å². The van der Waals surface area contributed by atoms with Crippen LogP contribution in [0, 0.1) is 13.8 Å². The maximum absolute atomic E-state index is 12.7. The van der Waals surface area contributed by atoms with E-state index in [9.17, 15) is 4.79 Å². The lowest BCUT2D eigenvalue weighted by Crippen LogP contribution is -2.14. The third kappa shape index (κ3) is 4.09. The van der Waals surface area contributed by atoms with Gasteiger partial charge in [0, 0.05) is 17.6 Å². The molecule has 2 aromatic carbocycles. The fourth-order valence-corrected chi connectivity index (χ4v) is 2.91. The first-order chi connectivity index (χ1) is 12.6. The molecule has 0 unspecified atom stereocenters. The van der Waals surface area contributed by atoms with E-state index >= 15 is 0 Å². The van der Waals surface area contributed by atoms with Crippen molar-refractivity contribution in [1.29, 1.82) is 0 Å². The number of amides is 1. The molecule has 1 heterocycles. The van der Waals surface area contributed by atoms with Gasteiger partial charge in [-0.1, -0.05) is 37.3 Å². The van der Waals surface area contributed by atoms with Crippen LogP contribution in [0.25, 0.3) is 0 Å². The number of pyridine rings is 1. The highest BCUT2D eigenvalue weighted by atomic mass is 16.1. The van der Waals surface area contributed by atoms with Crippen LogP contribution in [0.1, 0.15) is 34.0 Å². The van der Waals surface area contributed by atoms with Gasteiger partial charge < -0.3 is 10.6 Å². The predicted molar refractivity (Wildman–Crippen MR) is 107 cm³/mol. The second kappa shape index (κ2) is 7.83. The first-order valence-corrected chi connectivity index (χ1v) is 8.75. The van der Waals surface area contributed by atoms with E-state index in [1.165, 1.54) is 5.56 Å². The van der Waals surface area contributed by atoms with Crippen LogP contribution in [0.5, 0.6) is 0 Å². The van der Waals surface area contributed by atoms with E-state index in [-0.39, 0.29) is 5.91 Å². The number of benzene rings is 2. The molecule has 132 valence electrons. The Morgan fingerprint density at radius 2 is 1.81 bits per heavy atom. The van der Waals surface area contributed by atoms with Crippen molar-refractivity contribution >= 4 is 23.0 Å². The van der Waals surface area contributed by atoms with Crippen LogP contribution in [0.3, 0.4) is 0 Å². The summed E-state index contributed by atoms with van der Waals surface area (Å²) in [5.41, 5.74) is 6.51. The van der Waals surface area contributed by atoms with E-state index in [0.717, 1.165) is 34.6 Å². The monoisotopic (exact) mass is 345 g/mol. The van der Waals surface area contributed by atoms with Crippen molar-refractivity contribution in [2.45, 2.75) is 27.2 Å². The zero-order chi connectivity index (χ0) is 18.5. The van der Waals surface area contributed by atoms with Crippen molar-refractivity contribution in [1.82, 2.24) is 4.98 Å². The Kier molecular flexibility index (Phi) is 5.32. The normalized spacial score (nSPS) is 10.4. The number of aromatic nitrogens is 1. The molecule has 1 aromatic heterocycles. The molecule has 0 atom stereocenters. The van der Waals surface area contributed by atoms with Crippen LogP contribution in [0.2, 0.25) is 0 Å². The minimum Gasteiger partial charge on any atom is -0.354 e. The molecule has 0 aliphatic rings. The highest BCUT2D eigenvalue weighted by Gasteiger charge is 2.11. The van der Waals surface area contributed by atoms with Gasteiger partial charge in [-0.2, -0.15) is 0 Å². The van der Waals surface area contributed by atoms with Crippen LogP contribution in [0.4, 0.5) is 17.1 Å². The van der Waals surface area contributed by atoms with Gasteiger partial charge in [0.25, 0.3) is 5.91 Å². The van der Waals surface area contributed by atoms with Gasteiger partial charge in [0.05, 0.1) is 17.4 Å². The molecule has 3 rings (SSSR count). The Hall–Kier alpha value is -3.14. The Labute approximate surface area is 154 Å². The second-order valence-electron chi connectivity index (χ2n) is 6.37. The van der Waals surface area contributed by atoms with E-state index < -0.39 is 0 Å². The number of para-hydroxylation sites is 1. The average molecular weight is 345 g/mol. The number of carbonyl (C=O) groups is 1. The van der Waals surface area contributed by atoms with Crippen LogP contribution in [-0.2, 0) is 6.42 Å². The van der Waals surface area contributed by atoms with Crippen LogP contribution in [-0.4, -0.2) is 10.9 Å². The van der Waals surface area contributed by atoms with Gasteiger partial charge >= 0.3 is 0 Å². The fraction of sp³-hybridized carbons (Fsp3) is 0.182. The zero-order valence-corrected chi connectivity index (χ0v) is 15.3. The molecule has 1 amide bonds. The summed E-state index contributed by atoms with van der Waals surface area (Å²) in [7, 11) is 0. The summed E-state index contributed by atoms with van der Waals surface area (Å²) in [4.78, 5) is 16.9. The molecule has 0 aliphatic carbocycles. The molecule has 0 saturated carbocycles. The molecule has 0 bridgehead atoms. The average Bonchev–Trinajstić information content (AvgIpc) is 2.63. The van der Waals surface area contributed by atoms with Crippen molar-refractivity contribution < 1.29 is 4.79 Å². The number of hydrogen-bond acceptors (Lipinski definition) is 3. The number of nitrogens with one attached hydrogen (secondary N) is 2. The molecule has 2 N–H and O–H groups in total. The third-order valence-corrected chi connectivity index (χ3v) is 4.29. The van der Waals surface area contributed by atoms with Gasteiger partial charge in [-0.05, 0) is 55.2 Å². The Morgan fingerprint density at radius 1 is 1.00 bits per heavy atom. The van der Waals surface area contributed by atoms with Gasteiger partial charge in [0.2, 0.25) is 0 Å². The SMILES string of the molecule is CCc1cccc(C)c1NC(=O)c1cncc(Nc2cccc(C)c2)c1. The van der Waals surface area contributed by atoms with Gasteiger partial charge in [-0.25, -0.2) is 0 Å². The van der Waals surface area contributed by atoms with E-state index in [1.807, 2.05) is 62.4 Å². The molecule has 0 fully saturated rings. The highest BCUT2D eigenvalue weighted by Crippen LogP contribution is 2.23. The molecular formula is C22H23N3O. The summed E-state index contributed by atoms with van der Waals surface area (Å²) in [5.74, 6) is -0.158. The van der Waals surface area contributed by atoms with E-state index in [1.54, 1.807) is 12.4 Å². The smallest absolute Gasteiger partial charge is 0.257 e. The maximum Gasteiger partial charge on any atom is 0.257 e. The fourth-order valence-electron chi connectivity index (χ4n) is 2.91. The summed E-state index contributed by atoms with van der Waals surface area (Å²) < 4.78 is 0. The number of nitrogens with zero attached hydrogens (tertiary/aromatic N) is 1. The predicted octanol–water partition coefficient (Wildman–Crippen LogP) is 5.26. The first kappa shape index (κ1) is 17.7. The van der Waals surface area contributed by atoms with Crippen molar-refractivity contribution in [3.8, 4) is 0 Å². The first-order valence-electron chi connectivity index (χ1n) is 8.75. The van der Waals surface area contributed by atoms with Gasteiger partial charge in [0.1, 0.15) is 0 Å². The molecule has 0 saturated heterocycles. The van der Waals surface area contributed by atoms with Crippen molar-refractivity contribution in [2.75, 3.05) is 10.6 Å². The summed E-state index contributed by atoms with van der Waals surface area (Å²) >= 11 is 0. The van der Waals surface area contributed by atoms with Gasteiger partial charge in [0.15, 0.2) is 0 Å². The van der Waals surface area contributed by atoms with Crippen molar-refractivity contribution in [2.24, 2.45) is 0 Å². The Morgan fingerprint density at radius 3 is 2.58 bits per heavy atom. The minimum atomic E-state index is -0.158. The molecule has 4 heteroatoms. The number of rotatable bonds is 5. The lowest BCUT2D eigenvalue weighted by molar-refractivity contribution is 0.102. The Balaban J connectivity index is 1.81. The van der Waals surface area contributed by atoms with Crippen LogP contribution >= 0.6 is 0 Å². The van der Waals surface area contributed by atoms with Gasteiger partial charge in [-0.15, -0.1) is 0 Å². The zero-order valence-electron chi connectivity index (χ0n) is 15.3. The molecule has 26 heavy (non-hydrogen) atoms. The standard InChI is InChI=1S/C22H23N3O/c1-4-17-9-6-8-16(3)21(17)25-22(26)18-12-20(14-23-13-18)24-19-10-5-7-15(2)11-19/h5-14,24H,4H2,1-3H3,(H,25,26). The number of hydrogen-bond donors (Lipinski definition) is 2. The molecule has 0 aliphatic heterocycles. The topological polar surface area (TPSA) is 54.0 Å². The maximum atomic E-state index is 12.7. The quantitative estimate of drug-likeness (QED) is 0.663. The second-order valence-corrected chi connectivity index (χ2v) is 6.37. The van der Waals surface area contributed by atoms with Crippen LogP contribution < -0.4 is 10.6 Å². The number of anilines is 3. The lowest BCUT2D eigenvalue weighted by Gasteiger charge is -2.13. The summed E-state index contributed by atoms with van der Waals surface area (Å²) in [6.45, 7) is 6.13. The molecule has 0 spiro atoms. The third-order valence-electron chi connectivity index (χ3n) is 4.29. The Bertz CT molecular complexity index is 934. The number of aryl methyl sites for hydroxylation is 3. The molecular weight excluding hydrogens is 322 g/mol. The largest absolute Gasteiger partial charge is 0.354 e. The van der Waals surface area contributed by atoms with Crippen molar-refractivity contribution in [3.05, 3.63) is 83.2 Å². The molecule has 4 nitrogen and oxygen atoms in total. The van der Waals surface area contributed by atoms with E-state index in [2.05, 4.69) is 22.5 Å². The molecule has 0 radical (unpaired) electrons. The van der Waals surface area contributed by atoms with Crippen LogP contribution in [0.15, 0.2) is 60.9 Å². The summed E-state index contributed by atoms with van der Waals surface area (Å²) in [6, 6.07) is 15.9. The molecule has 3 aromatic rings.